The van der Waals surface area contributed by atoms with Crippen LogP contribution >= 0.6 is 12.9 Å². The average Bonchev–Trinajstić information content (AvgIpc) is 2.55. The highest BCUT2D eigenvalue weighted by atomic mass is 32.1. The SMILES string of the molecule is COc1cc(CO)cc(-c2cc(CO)cc(OS)c2O)c1O. The largest absolute Gasteiger partial charge is 0.504 e. The highest BCUT2D eigenvalue weighted by molar-refractivity contribution is 7.75. The molecule has 0 heterocycles. The molecule has 0 radical (unpaired) electrons. The molecule has 118 valence electrons. The molecule has 0 aliphatic heterocycles. The Kier molecular flexibility index (Phi) is 5.02. The van der Waals surface area contributed by atoms with Crippen LogP contribution in [0.1, 0.15) is 11.1 Å². The highest BCUT2D eigenvalue weighted by Gasteiger charge is 2.19. The van der Waals surface area contributed by atoms with E-state index in [0.29, 0.717) is 11.1 Å². The van der Waals surface area contributed by atoms with E-state index in [2.05, 4.69) is 12.9 Å². The third kappa shape index (κ3) is 2.92. The molecular formula is C15H16O6S. The van der Waals surface area contributed by atoms with Crippen molar-refractivity contribution in [2.75, 3.05) is 7.11 Å². The van der Waals surface area contributed by atoms with Gasteiger partial charge in [-0.15, -0.1) is 0 Å². The topological polar surface area (TPSA) is 99.4 Å². The lowest BCUT2D eigenvalue weighted by Crippen LogP contribution is -1.94. The number of thiol groups is 1. The third-order valence-electron chi connectivity index (χ3n) is 3.24. The van der Waals surface area contributed by atoms with Crippen LogP contribution in [0.5, 0.6) is 23.0 Å². The van der Waals surface area contributed by atoms with Gasteiger partial charge in [0, 0.05) is 24.0 Å². The maximum Gasteiger partial charge on any atom is 0.179 e. The minimum Gasteiger partial charge on any atom is -0.504 e. The fourth-order valence-electron chi connectivity index (χ4n) is 2.15. The first-order valence-corrected chi connectivity index (χ1v) is 6.71. The standard InChI is InChI=1S/C15H16O6S/c1-20-12-4-8(6-16)2-10(14(12)18)11-3-9(7-17)5-13(21-22)15(11)19/h2-5,16-19,22H,6-7H2,1H3. The van der Waals surface area contributed by atoms with Gasteiger partial charge in [-0.2, -0.15) is 0 Å². The molecule has 0 unspecified atom stereocenters. The van der Waals surface area contributed by atoms with Crippen LogP contribution in [-0.4, -0.2) is 27.5 Å². The van der Waals surface area contributed by atoms with Crippen molar-refractivity contribution in [3.8, 4) is 34.1 Å². The lowest BCUT2D eigenvalue weighted by atomic mass is 9.98. The molecule has 0 aromatic heterocycles. The molecule has 0 amide bonds. The summed E-state index contributed by atoms with van der Waals surface area (Å²) in [7, 11) is 1.38. The summed E-state index contributed by atoms with van der Waals surface area (Å²) < 4.78 is 9.84. The van der Waals surface area contributed by atoms with Crippen LogP contribution in [0.15, 0.2) is 24.3 Å². The number of hydrogen-bond acceptors (Lipinski definition) is 7. The van der Waals surface area contributed by atoms with Crippen molar-refractivity contribution in [2.24, 2.45) is 0 Å². The minimum atomic E-state index is -0.283. The number of rotatable bonds is 5. The van der Waals surface area contributed by atoms with Gasteiger partial charge in [-0.05, 0) is 35.4 Å². The van der Waals surface area contributed by atoms with Crippen LogP contribution in [-0.2, 0) is 13.2 Å². The summed E-state index contributed by atoms with van der Waals surface area (Å²) in [5.41, 5.74) is 1.42. The first-order chi connectivity index (χ1) is 10.5. The summed E-state index contributed by atoms with van der Waals surface area (Å²) in [6, 6.07) is 5.93. The number of aliphatic hydroxyl groups is 2. The van der Waals surface area contributed by atoms with Crippen molar-refractivity contribution in [1.29, 1.82) is 0 Å². The van der Waals surface area contributed by atoms with Gasteiger partial charge in [0.15, 0.2) is 23.0 Å². The van der Waals surface area contributed by atoms with Crippen LogP contribution in [0.2, 0.25) is 0 Å². The number of aliphatic hydroxyl groups excluding tert-OH is 2. The fourth-order valence-corrected chi connectivity index (χ4v) is 2.29. The monoisotopic (exact) mass is 324 g/mol. The normalized spacial score (nSPS) is 10.5. The first kappa shape index (κ1) is 16.3. The summed E-state index contributed by atoms with van der Waals surface area (Å²) in [6.45, 7) is -0.547. The average molecular weight is 324 g/mol. The van der Waals surface area contributed by atoms with Gasteiger partial charge in [-0.1, -0.05) is 0 Å². The molecule has 0 atom stereocenters. The zero-order chi connectivity index (χ0) is 16.3. The van der Waals surface area contributed by atoms with Crippen LogP contribution in [0.4, 0.5) is 0 Å². The molecule has 0 saturated carbocycles. The number of benzene rings is 2. The first-order valence-electron chi connectivity index (χ1n) is 6.35. The fraction of sp³-hybridized carbons (Fsp3) is 0.200. The Hall–Kier alpha value is -2.09. The smallest absolute Gasteiger partial charge is 0.179 e. The lowest BCUT2D eigenvalue weighted by molar-refractivity contribution is 0.280. The van der Waals surface area contributed by atoms with E-state index < -0.39 is 0 Å². The van der Waals surface area contributed by atoms with Gasteiger partial charge in [0.05, 0.1) is 20.3 Å². The molecule has 0 bridgehead atoms. The Morgan fingerprint density at radius 3 is 1.73 bits per heavy atom. The number of hydrogen-bond donors (Lipinski definition) is 5. The lowest BCUT2D eigenvalue weighted by Gasteiger charge is -2.15. The number of aromatic hydroxyl groups is 2. The quantitative estimate of drug-likeness (QED) is 0.426. The Morgan fingerprint density at radius 2 is 1.32 bits per heavy atom. The Morgan fingerprint density at radius 1 is 0.864 bits per heavy atom. The molecule has 0 aliphatic carbocycles. The van der Waals surface area contributed by atoms with Crippen LogP contribution in [0, 0.1) is 0 Å². The van der Waals surface area contributed by atoms with Gasteiger partial charge >= 0.3 is 0 Å². The van der Waals surface area contributed by atoms with E-state index in [4.69, 9.17) is 8.92 Å². The summed E-state index contributed by atoms with van der Waals surface area (Å²) in [5, 5.41) is 39.1. The van der Waals surface area contributed by atoms with E-state index in [1.807, 2.05) is 0 Å². The minimum absolute atomic E-state index is 0.0395. The molecule has 4 N–H and O–H groups in total. The van der Waals surface area contributed by atoms with Crippen LogP contribution in [0.25, 0.3) is 11.1 Å². The van der Waals surface area contributed by atoms with Gasteiger partial charge in [0.2, 0.25) is 0 Å². The Balaban J connectivity index is 2.75. The van der Waals surface area contributed by atoms with Gasteiger partial charge in [0.1, 0.15) is 0 Å². The van der Waals surface area contributed by atoms with Crippen molar-refractivity contribution in [3.05, 3.63) is 35.4 Å². The number of phenols is 2. The van der Waals surface area contributed by atoms with E-state index in [1.54, 1.807) is 0 Å². The molecule has 2 aromatic carbocycles. The van der Waals surface area contributed by atoms with Gasteiger partial charge < -0.3 is 29.3 Å². The molecule has 0 fully saturated rings. The predicted molar refractivity (Wildman–Crippen MR) is 83.2 cm³/mol. The maximum atomic E-state index is 10.3. The van der Waals surface area contributed by atoms with E-state index in [-0.39, 0.29) is 47.3 Å². The zero-order valence-electron chi connectivity index (χ0n) is 11.8. The molecule has 0 spiro atoms. The second kappa shape index (κ2) is 6.78. The van der Waals surface area contributed by atoms with E-state index in [0.717, 1.165) is 0 Å². The Bertz CT molecular complexity index is 627. The second-order valence-electron chi connectivity index (χ2n) is 4.59. The van der Waals surface area contributed by atoms with Crippen molar-refractivity contribution >= 4 is 12.9 Å². The van der Waals surface area contributed by atoms with Crippen LogP contribution < -0.4 is 8.92 Å². The second-order valence-corrected chi connectivity index (χ2v) is 4.77. The molecule has 6 nitrogen and oxygen atoms in total. The van der Waals surface area contributed by atoms with Gasteiger partial charge in [-0.3, -0.25) is 0 Å². The van der Waals surface area contributed by atoms with Crippen molar-refractivity contribution < 1.29 is 29.3 Å². The summed E-state index contributed by atoms with van der Waals surface area (Å²) in [4.78, 5) is 0. The third-order valence-corrected chi connectivity index (χ3v) is 3.44. The van der Waals surface area contributed by atoms with E-state index >= 15 is 0 Å². The van der Waals surface area contributed by atoms with E-state index in [9.17, 15) is 20.4 Å². The summed E-state index contributed by atoms with van der Waals surface area (Å²) in [6.07, 6.45) is 0. The van der Waals surface area contributed by atoms with Crippen LogP contribution in [0.3, 0.4) is 0 Å². The highest BCUT2D eigenvalue weighted by Crippen LogP contribution is 2.45. The number of ether oxygens (including phenoxy) is 1. The van der Waals surface area contributed by atoms with Crippen molar-refractivity contribution in [1.82, 2.24) is 0 Å². The molecule has 2 aromatic rings. The number of methoxy groups -OCH3 is 1. The molecule has 0 aliphatic rings. The molecule has 0 saturated heterocycles. The number of phenolic OH excluding ortho intramolecular Hbond substituents is 2. The van der Waals surface area contributed by atoms with Gasteiger partial charge in [0.25, 0.3) is 0 Å². The molecule has 7 heteroatoms. The Labute approximate surface area is 132 Å². The summed E-state index contributed by atoms with van der Waals surface area (Å²) >= 11 is 3.66. The molecule has 22 heavy (non-hydrogen) atoms. The maximum absolute atomic E-state index is 10.3. The van der Waals surface area contributed by atoms with E-state index in [1.165, 1.54) is 31.4 Å². The molecular weight excluding hydrogens is 308 g/mol. The van der Waals surface area contributed by atoms with Gasteiger partial charge in [-0.25, -0.2) is 0 Å². The molecule has 2 rings (SSSR count). The zero-order valence-corrected chi connectivity index (χ0v) is 12.7. The summed E-state index contributed by atoms with van der Waals surface area (Å²) in [5.74, 6) is -0.254. The van der Waals surface area contributed by atoms with Crippen molar-refractivity contribution in [3.63, 3.8) is 0 Å². The van der Waals surface area contributed by atoms with Crippen molar-refractivity contribution in [2.45, 2.75) is 13.2 Å². The predicted octanol–water partition coefficient (Wildman–Crippen LogP) is 1.98.